The number of hydrogen-bond donors (Lipinski definition) is 0. The zero-order valence-corrected chi connectivity index (χ0v) is 9.14. The summed E-state index contributed by atoms with van der Waals surface area (Å²) in [5, 5.41) is 12.5. The molecule has 0 heterocycles. The topological polar surface area (TPSA) is 53.2 Å². The minimum Gasteiger partial charge on any atom is -0.197 e. The lowest BCUT2D eigenvalue weighted by atomic mass is 9.97. The third kappa shape index (κ3) is 1.60. The van der Waals surface area contributed by atoms with E-state index in [1.165, 1.54) is 12.1 Å². The summed E-state index contributed by atoms with van der Waals surface area (Å²) in [7, 11) is 0. The number of nitroso groups, excluding NO2 is 1. The Labute approximate surface area is 96.6 Å². The van der Waals surface area contributed by atoms with Crippen molar-refractivity contribution in [3.63, 3.8) is 0 Å². The maximum atomic E-state index is 10.3. The molecule has 1 aliphatic carbocycles. The molecule has 5 heteroatoms. The summed E-state index contributed by atoms with van der Waals surface area (Å²) in [6.07, 6.45) is 1.52. The van der Waals surface area contributed by atoms with Gasteiger partial charge in [0, 0.05) is 15.6 Å². The highest BCUT2D eigenvalue weighted by molar-refractivity contribution is 6.36. The van der Waals surface area contributed by atoms with Crippen molar-refractivity contribution in [3.8, 4) is 6.07 Å². The van der Waals surface area contributed by atoms with Gasteiger partial charge in [0.2, 0.25) is 0 Å². The molecular weight excluding hydrogens is 235 g/mol. The second-order valence-corrected chi connectivity index (χ2v) is 4.38. The van der Waals surface area contributed by atoms with Gasteiger partial charge in [-0.05, 0) is 30.2 Å². The van der Waals surface area contributed by atoms with E-state index in [4.69, 9.17) is 28.5 Å². The molecule has 0 N–H and O–H groups in total. The Hall–Kier alpha value is -1.11. The molecule has 0 radical (unpaired) electrons. The predicted molar refractivity (Wildman–Crippen MR) is 58.4 cm³/mol. The summed E-state index contributed by atoms with van der Waals surface area (Å²) in [6.45, 7) is 0. The molecule has 1 aromatic rings. The Kier molecular flexibility index (Phi) is 2.41. The first-order chi connectivity index (χ1) is 7.13. The van der Waals surface area contributed by atoms with Gasteiger partial charge in [-0.25, -0.2) is 0 Å². The van der Waals surface area contributed by atoms with Crippen LogP contribution in [0.4, 0.5) is 5.69 Å². The van der Waals surface area contributed by atoms with Crippen molar-refractivity contribution < 1.29 is 0 Å². The first-order valence-electron chi connectivity index (χ1n) is 4.37. The SMILES string of the molecule is N#CC1(c2c(Cl)cc(N=O)cc2Cl)CC1. The van der Waals surface area contributed by atoms with Crippen LogP contribution < -0.4 is 0 Å². The summed E-state index contributed by atoms with van der Waals surface area (Å²) in [6, 6.07) is 5.09. The molecule has 0 atom stereocenters. The van der Waals surface area contributed by atoms with E-state index in [0.717, 1.165) is 12.8 Å². The van der Waals surface area contributed by atoms with E-state index in [0.29, 0.717) is 15.6 Å². The smallest absolute Gasteiger partial charge is 0.110 e. The molecule has 0 saturated heterocycles. The fourth-order valence-electron chi connectivity index (χ4n) is 1.61. The van der Waals surface area contributed by atoms with E-state index in [1.807, 2.05) is 0 Å². The van der Waals surface area contributed by atoms with E-state index in [-0.39, 0.29) is 5.69 Å². The Morgan fingerprint density at radius 2 is 1.87 bits per heavy atom. The van der Waals surface area contributed by atoms with Gasteiger partial charge in [-0.3, -0.25) is 0 Å². The third-order valence-electron chi connectivity index (χ3n) is 2.57. The van der Waals surface area contributed by atoms with E-state index in [9.17, 15) is 4.91 Å². The first-order valence-corrected chi connectivity index (χ1v) is 5.13. The number of nitrogens with zero attached hydrogens (tertiary/aromatic N) is 2. The summed E-state index contributed by atoms with van der Waals surface area (Å²) in [4.78, 5) is 10.3. The van der Waals surface area contributed by atoms with Crippen molar-refractivity contribution in [1.82, 2.24) is 0 Å². The first kappa shape index (κ1) is 10.4. The molecule has 0 spiro atoms. The molecule has 1 aromatic carbocycles. The van der Waals surface area contributed by atoms with Crippen LogP contribution in [0.5, 0.6) is 0 Å². The normalized spacial score (nSPS) is 16.9. The van der Waals surface area contributed by atoms with E-state index < -0.39 is 5.41 Å². The Morgan fingerprint density at radius 1 is 1.33 bits per heavy atom. The van der Waals surface area contributed by atoms with Crippen molar-refractivity contribution >= 4 is 28.9 Å². The van der Waals surface area contributed by atoms with Crippen LogP contribution in [0.25, 0.3) is 0 Å². The summed E-state index contributed by atoms with van der Waals surface area (Å²) in [5.74, 6) is 0. The van der Waals surface area contributed by atoms with Gasteiger partial charge in [0.25, 0.3) is 0 Å². The molecule has 0 unspecified atom stereocenters. The van der Waals surface area contributed by atoms with Crippen molar-refractivity contribution in [2.24, 2.45) is 5.18 Å². The fourth-order valence-corrected chi connectivity index (χ4v) is 2.45. The molecular formula is C10H6Cl2N2O. The van der Waals surface area contributed by atoms with Crippen LogP contribution in [-0.4, -0.2) is 0 Å². The zero-order chi connectivity index (χ0) is 11.1. The summed E-state index contributed by atoms with van der Waals surface area (Å²) >= 11 is 12.0. The minimum absolute atomic E-state index is 0.183. The Balaban J connectivity index is 2.59. The van der Waals surface area contributed by atoms with Gasteiger partial charge < -0.3 is 0 Å². The molecule has 0 aromatic heterocycles. The van der Waals surface area contributed by atoms with Gasteiger partial charge in [-0.15, -0.1) is 4.91 Å². The molecule has 2 rings (SSSR count). The summed E-state index contributed by atoms with van der Waals surface area (Å²) in [5.41, 5.74) is 0.262. The average Bonchev–Trinajstić information content (AvgIpc) is 2.97. The standard InChI is InChI=1S/C10H6Cl2N2O/c11-7-3-6(14-15)4-8(12)9(7)10(5-13)1-2-10/h3-4H,1-2H2. The Morgan fingerprint density at radius 3 is 2.20 bits per heavy atom. The molecule has 15 heavy (non-hydrogen) atoms. The largest absolute Gasteiger partial charge is 0.197 e. The highest BCUT2D eigenvalue weighted by Crippen LogP contribution is 2.53. The number of halogens is 2. The molecule has 1 aliphatic rings. The molecule has 0 amide bonds. The monoisotopic (exact) mass is 240 g/mol. The van der Waals surface area contributed by atoms with Crippen LogP contribution in [0, 0.1) is 16.2 Å². The van der Waals surface area contributed by atoms with E-state index in [1.54, 1.807) is 0 Å². The van der Waals surface area contributed by atoms with Gasteiger partial charge >= 0.3 is 0 Å². The van der Waals surface area contributed by atoms with Crippen molar-refractivity contribution in [1.29, 1.82) is 5.26 Å². The second kappa shape index (κ2) is 3.48. The van der Waals surface area contributed by atoms with Gasteiger partial charge in [0.1, 0.15) is 5.69 Å². The van der Waals surface area contributed by atoms with Crippen molar-refractivity contribution in [2.75, 3.05) is 0 Å². The van der Waals surface area contributed by atoms with Crippen LogP contribution in [0.2, 0.25) is 10.0 Å². The van der Waals surface area contributed by atoms with Gasteiger partial charge in [-0.2, -0.15) is 5.26 Å². The van der Waals surface area contributed by atoms with Crippen LogP contribution in [0.15, 0.2) is 17.3 Å². The second-order valence-electron chi connectivity index (χ2n) is 3.57. The predicted octanol–water partition coefficient (Wildman–Crippen LogP) is 3.95. The molecule has 0 aliphatic heterocycles. The number of rotatable bonds is 2. The highest BCUT2D eigenvalue weighted by atomic mass is 35.5. The maximum Gasteiger partial charge on any atom is 0.110 e. The maximum absolute atomic E-state index is 10.3. The van der Waals surface area contributed by atoms with Crippen LogP contribution in [0.3, 0.4) is 0 Å². The van der Waals surface area contributed by atoms with Gasteiger partial charge in [0.05, 0.1) is 11.5 Å². The average molecular weight is 241 g/mol. The van der Waals surface area contributed by atoms with Gasteiger partial charge in [0.15, 0.2) is 0 Å². The molecule has 1 saturated carbocycles. The molecule has 0 bridgehead atoms. The molecule has 76 valence electrons. The number of hydrogen-bond acceptors (Lipinski definition) is 3. The quantitative estimate of drug-likeness (QED) is 0.736. The molecule has 3 nitrogen and oxygen atoms in total. The third-order valence-corrected chi connectivity index (χ3v) is 3.17. The van der Waals surface area contributed by atoms with Crippen molar-refractivity contribution in [3.05, 3.63) is 32.6 Å². The lowest BCUT2D eigenvalue weighted by Gasteiger charge is -2.11. The minimum atomic E-state index is -0.546. The zero-order valence-electron chi connectivity index (χ0n) is 7.63. The van der Waals surface area contributed by atoms with Crippen LogP contribution in [-0.2, 0) is 5.41 Å². The van der Waals surface area contributed by atoms with E-state index in [2.05, 4.69) is 11.2 Å². The van der Waals surface area contributed by atoms with Crippen LogP contribution in [0.1, 0.15) is 18.4 Å². The van der Waals surface area contributed by atoms with Gasteiger partial charge in [-0.1, -0.05) is 23.2 Å². The highest BCUT2D eigenvalue weighted by Gasteiger charge is 2.47. The van der Waals surface area contributed by atoms with Crippen molar-refractivity contribution in [2.45, 2.75) is 18.3 Å². The lowest BCUT2D eigenvalue weighted by Crippen LogP contribution is -2.04. The van der Waals surface area contributed by atoms with E-state index >= 15 is 0 Å². The molecule has 1 fully saturated rings. The van der Waals surface area contributed by atoms with Crippen LogP contribution >= 0.6 is 23.2 Å². The number of benzene rings is 1. The lowest BCUT2D eigenvalue weighted by molar-refractivity contribution is 0.909. The fraction of sp³-hybridized carbons (Fsp3) is 0.300. The summed E-state index contributed by atoms with van der Waals surface area (Å²) < 4.78 is 0. The number of nitriles is 1. The Bertz CT molecular complexity index is 452.